The van der Waals surface area contributed by atoms with Crippen molar-refractivity contribution in [1.29, 1.82) is 0 Å². The highest BCUT2D eigenvalue weighted by Gasteiger charge is 2.07. The zero-order chi connectivity index (χ0) is 17.6. The molecule has 1 amide bonds. The van der Waals surface area contributed by atoms with Gasteiger partial charge in [-0.15, -0.1) is 0 Å². The van der Waals surface area contributed by atoms with E-state index in [1.807, 2.05) is 0 Å². The van der Waals surface area contributed by atoms with Crippen molar-refractivity contribution in [2.24, 2.45) is 10.7 Å². The molecule has 0 bridgehead atoms. The average Bonchev–Trinajstić information content (AvgIpc) is 3.05. The Morgan fingerprint density at radius 2 is 1.96 bits per heavy atom. The third-order valence-electron chi connectivity index (χ3n) is 3.11. The van der Waals surface area contributed by atoms with Gasteiger partial charge in [-0.3, -0.25) is 9.79 Å². The monoisotopic (exact) mass is 340 g/mol. The number of ether oxygens (including phenoxy) is 2. The normalized spacial score (nSPS) is 11.5. The molecule has 0 aromatic carbocycles. The second-order valence-corrected chi connectivity index (χ2v) is 5.06. The Morgan fingerprint density at radius 1 is 1.21 bits per heavy atom. The van der Waals surface area contributed by atoms with E-state index in [4.69, 9.17) is 19.6 Å². The molecule has 0 radical (unpaired) electrons. The number of hydrogen-bond acceptors (Lipinski definition) is 5. The molecule has 1 rings (SSSR count). The molecule has 0 saturated heterocycles. The number of nitrogens with one attached hydrogen (secondary N) is 2. The fourth-order valence-corrected chi connectivity index (χ4v) is 1.81. The fourth-order valence-electron chi connectivity index (χ4n) is 1.81. The van der Waals surface area contributed by atoms with Crippen molar-refractivity contribution in [3.05, 3.63) is 23.7 Å². The van der Waals surface area contributed by atoms with Gasteiger partial charge < -0.3 is 30.3 Å². The van der Waals surface area contributed by atoms with Crippen LogP contribution in [0.4, 0.5) is 0 Å². The van der Waals surface area contributed by atoms with Gasteiger partial charge >= 0.3 is 0 Å². The van der Waals surface area contributed by atoms with Gasteiger partial charge in [0.1, 0.15) is 5.76 Å². The van der Waals surface area contributed by atoms with Gasteiger partial charge in [-0.1, -0.05) is 13.3 Å². The smallest absolute Gasteiger partial charge is 0.284 e. The van der Waals surface area contributed by atoms with E-state index in [1.54, 1.807) is 19.2 Å². The summed E-state index contributed by atoms with van der Waals surface area (Å²) >= 11 is 0. The quantitative estimate of drug-likeness (QED) is 0.296. The number of carbonyl (C=O) groups is 1. The fraction of sp³-hybridized carbons (Fsp3) is 0.625. The molecular formula is C16H28N4O4. The predicted molar refractivity (Wildman–Crippen MR) is 92.0 cm³/mol. The lowest BCUT2D eigenvalue weighted by atomic mass is 10.4. The van der Waals surface area contributed by atoms with Gasteiger partial charge in [-0.05, 0) is 18.6 Å². The van der Waals surface area contributed by atoms with Gasteiger partial charge in [0.2, 0.25) is 0 Å². The van der Waals surface area contributed by atoms with Crippen LogP contribution in [0.15, 0.2) is 21.5 Å². The molecule has 0 spiro atoms. The highest BCUT2D eigenvalue weighted by atomic mass is 16.5. The van der Waals surface area contributed by atoms with Gasteiger partial charge in [0.15, 0.2) is 11.7 Å². The molecule has 8 heteroatoms. The summed E-state index contributed by atoms with van der Waals surface area (Å²) in [6, 6.07) is 3.24. The number of hydrogen-bond donors (Lipinski definition) is 3. The number of aliphatic imine (C=N–C) groups is 1. The molecule has 4 N–H and O–H groups in total. The summed E-state index contributed by atoms with van der Waals surface area (Å²) in [7, 11) is 1.68. The molecule has 0 aliphatic heterocycles. The second kappa shape index (κ2) is 12.4. The summed E-state index contributed by atoms with van der Waals surface area (Å²) in [6.07, 6.45) is 2.22. The van der Waals surface area contributed by atoms with Crippen molar-refractivity contribution in [3.63, 3.8) is 0 Å². The number of nitrogens with two attached hydrogens (primary N) is 1. The lowest BCUT2D eigenvalue weighted by Crippen LogP contribution is -2.38. The summed E-state index contributed by atoms with van der Waals surface area (Å²) in [5.41, 5.74) is 5.14. The largest absolute Gasteiger partial charge is 0.454 e. The van der Waals surface area contributed by atoms with Gasteiger partial charge in [0, 0.05) is 20.2 Å². The Balaban J connectivity index is 2.09. The topological polar surface area (TPSA) is 111 Å². The maximum absolute atomic E-state index is 11.0. The zero-order valence-corrected chi connectivity index (χ0v) is 14.5. The van der Waals surface area contributed by atoms with Crippen LogP contribution >= 0.6 is 0 Å². The van der Waals surface area contributed by atoms with Crippen LogP contribution in [0.2, 0.25) is 0 Å². The SMILES string of the molecule is CCCCOCCOCCNC(=NC)NCc1ccc(C(N)=O)o1. The Labute approximate surface area is 142 Å². The molecule has 0 aliphatic carbocycles. The first-order valence-corrected chi connectivity index (χ1v) is 8.16. The zero-order valence-electron chi connectivity index (χ0n) is 14.5. The van der Waals surface area contributed by atoms with Crippen LogP contribution in [-0.4, -0.2) is 51.9 Å². The van der Waals surface area contributed by atoms with E-state index in [2.05, 4.69) is 22.5 Å². The molecule has 0 aliphatic rings. The van der Waals surface area contributed by atoms with Crippen LogP contribution in [-0.2, 0) is 16.0 Å². The first kappa shape index (κ1) is 20.0. The number of unbranched alkanes of at least 4 members (excludes halogenated alkanes) is 1. The minimum atomic E-state index is -0.584. The van der Waals surface area contributed by atoms with E-state index >= 15 is 0 Å². The van der Waals surface area contributed by atoms with Crippen molar-refractivity contribution in [2.45, 2.75) is 26.3 Å². The summed E-state index contributed by atoms with van der Waals surface area (Å²) in [5.74, 6) is 0.783. The molecular weight excluding hydrogens is 312 g/mol. The molecule has 1 heterocycles. The number of rotatable bonds is 12. The highest BCUT2D eigenvalue weighted by Crippen LogP contribution is 2.06. The van der Waals surface area contributed by atoms with Crippen LogP contribution < -0.4 is 16.4 Å². The number of amides is 1. The third-order valence-corrected chi connectivity index (χ3v) is 3.11. The van der Waals surface area contributed by atoms with Crippen molar-refractivity contribution >= 4 is 11.9 Å². The maximum Gasteiger partial charge on any atom is 0.284 e. The van der Waals surface area contributed by atoms with Crippen LogP contribution in [0.25, 0.3) is 0 Å². The Morgan fingerprint density at radius 3 is 2.58 bits per heavy atom. The molecule has 0 atom stereocenters. The molecule has 1 aromatic rings. The molecule has 1 aromatic heterocycles. The van der Waals surface area contributed by atoms with Gasteiger partial charge in [0.05, 0.1) is 26.4 Å². The lowest BCUT2D eigenvalue weighted by molar-refractivity contribution is 0.0487. The van der Waals surface area contributed by atoms with E-state index in [0.717, 1.165) is 19.4 Å². The lowest BCUT2D eigenvalue weighted by Gasteiger charge is -2.11. The van der Waals surface area contributed by atoms with Crippen LogP contribution in [0, 0.1) is 0 Å². The highest BCUT2D eigenvalue weighted by molar-refractivity contribution is 5.89. The van der Waals surface area contributed by atoms with E-state index in [9.17, 15) is 4.79 Å². The second-order valence-electron chi connectivity index (χ2n) is 5.06. The Kier molecular flexibility index (Phi) is 10.3. The van der Waals surface area contributed by atoms with Crippen molar-refractivity contribution in [3.8, 4) is 0 Å². The summed E-state index contributed by atoms with van der Waals surface area (Å²) in [6.45, 7) is 5.71. The number of carbonyl (C=O) groups excluding carboxylic acids is 1. The molecule has 0 fully saturated rings. The Hall–Kier alpha value is -2.06. The van der Waals surface area contributed by atoms with E-state index in [-0.39, 0.29) is 5.76 Å². The van der Waals surface area contributed by atoms with Crippen molar-refractivity contribution < 1.29 is 18.7 Å². The van der Waals surface area contributed by atoms with Crippen LogP contribution in [0.1, 0.15) is 36.1 Å². The number of guanidine groups is 1. The molecule has 8 nitrogen and oxygen atoms in total. The van der Waals surface area contributed by atoms with Crippen LogP contribution in [0.3, 0.4) is 0 Å². The molecule has 0 unspecified atom stereocenters. The first-order chi connectivity index (χ1) is 11.7. The minimum Gasteiger partial charge on any atom is -0.454 e. The predicted octanol–water partition coefficient (Wildman–Crippen LogP) is 0.877. The van der Waals surface area contributed by atoms with Crippen molar-refractivity contribution in [1.82, 2.24) is 10.6 Å². The number of nitrogens with zero attached hydrogens (tertiary/aromatic N) is 1. The van der Waals surface area contributed by atoms with E-state index < -0.39 is 5.91 Å². The maximum atomic E-state index is 11.0. The third kappa shape index (κ3) is 8.54. The number of furan rings is 1. The Bertz CT molecular complexity index is 502. The van der Waals surface area contributed by atoms with E-state index in [1.165, 1.54) is 0 Å². The molecule has 136 valence electrons. The molecule has 24 heavy (non-hydrogen) atoms. The minimum absolute atomic E-state index is 0.143. The van der Waals surface area contributed by atoms with Gasteiger partial charge in [0.25, 0.3) is 5.91 Å². The first-order valence-electron chi connectivity index (χ1n) is 8.16. The molecule has 0 saturated carbocycles. The average molecular weight is 340 g/mol. The standard InChI is InChI=1S/C16H28N4O4/c1-3-4-8-22-10-11-23-9-7-19-16(18-2)20-12-13-5-6-14(24-13)15(17)21/h5-6H,3-4,7-12H2,1-2H3,(H2,17,21)(H2,18,19,20). The summed E-state index contributed by atoms with van der Waals surface area (Å²) < 4.78 is 16.1. The summed E-state index contributed by atoms with van der Waals surface area (Å²) in [5, 5.41) is 6.20. The van der Waals surface area contributed by atoms with E-state index in [0.29, 0.717) is 44.6 Å². The van der Waals surface area contributed by atoms with Gasteiger partial charge in [-0.2, -0.15) is 0 Å². The van der Waals surface area contributed by atoms with Crippen LogP contribution in [0.5, 0.6) is 0 Å². The summed E-state index contributed by atoms with van der Waals surface area (Å²) in [4.78, 5) is 15.1. The number of primary amides is 1. The van der Waals surface area contributed by atoms with Gasteiger partial charge in [-0.25, -0.2) is 0 Å². The van der Waals surface area contributed by atoms with Crippen molar-refractivity contribution in [2.75, 3.05) is 40.0 Å².